The lowest BCUT2D eigenvalue weighted by Crippen LogP contribution is -2.28. The van der Waals surface area contributed by atoms with Crippen LogP contribution in [0.3, 0.4) is 0 Å². The van der Waals surface area contributed by atoms with Gasteiger partial charge in [-0.05, 0) is 10.8 Å². The summed E-state index contributed by atoms with van der Waals surface area (Å²) in [6.07, 6.45) is 0. The average molecular weight is 270 g/mol. The molecule has 0 aromatic heterocycles. The normalized spacial score (nSPS) is 17.0. The van der Waals surface area contributed by atoms with Crippen molar-refractivity contribution in [3.05, 3.63) is 47.5 Å². The average Bonchev–Trinajstić information content (AvgIpc) is 2.86. The summed E-state index contributed by atoms with van der Waals surface area (Å²) in [6.45, 7) is 0. The minimum Gasteiger partial charge on any atom is -0.305 e. The van der Waals surface area contributed by atoms with Gasteiger partial charge < -0.3 is 4.74 Å². The zero-order valence-corrected chi connectivity index (χ0v) is 10.7. The fraction of sp³-hybridized carbons (Fsp3) is 0.125. The van der Waals surface area contributed by atoms with E-state index in [1.54, 1.807) is 36.4 Å². The van der Waals surface area contributed by atoms with Crippen LogP contribution in [0.2, 0.25) is 0 Å². The first-order chi connectivity index (χ1) is 10.2. The van der Waals surface area contributed by atoms with Crippen molar-refractivity contribution in [2.45, 2.75) is 11.2 Å². The summed E-state index contributed by atoms with van der Waals surface area (Å²) in [5.41, 5.74) is -3.35. The van der Waals surface area contributed by atoms with Gasteiger partial charge in [0.05, 0.1) is 0 Å². The Morgan fingerprint density at radius 2 is 1.38 bits per heavy atom. The summed E-state index contributed by atoms with van der Waals surface area (Å²) in [5.74, 6) is 0. The van der Waals surface area contributed by atoms with E-state index in [1.165, 1.54) is 0 Å². The first-order valence-corrected chi connectivity index (χ1v) is 6.04. The quantitative estimate of drug-likeness (QED) is 0.730. The molecule has 0 unspecified atom stereocenters. The number of fused-ring (bicyclic) bond motifs is 3. The molecule has 0 amide bonds. The highest BCUT2D eigenvalue weighted by Crippen LogP contribution is 2.49. The Morgan fingerprint density at radius 1 is 0.762 bits per heavy atom. The number of nitriles is 4. The van der Waals surface area contributed by atoms with Crippen molar-refractivity contribution < 1.29 is 4.74 Å². The molecule has 3 rings (SSSR count). The monoisotopic (exact) mass is 270 g/mol. The van der Waals surface area contributed by atoms with Crippen LogP contribution in [0.5, 0.6) is 0 Å². The summed E-state index contributed by atoms with van der Waals surface area (Å²) in [6, 6.07) is 17.7. The van der Waals surface area contributed by atoms with Crippen LogP contribution in [0.1, 0.15) is 11.1 Å². The molecule has 96 valence electrons. The molecule has 5 heteroatoms. The highest BCUT2D eigenvalue weighted by molar-refractivity contribution is 5.90. The topological polar surface area (TPSA) is 104 Å². The molecule has 0 saturated carbocycles. The highest BCUT2D eigenvalue weighted by Gasteiger charge is 2.56. The molecule has 21 heavy (non-hydrogen) atoms. The second-order valence-electron chi connectivity index (χ2n) is 4.62. The van der Waals surface area contributed by atoms with Crippen molar-refractivity contribution in [3.8, 4) is 24.3 Å². The van der Waals surface area contributed by atoms with E-state index in [0.29, 0.717) is 5.39 Å². The van der Waals surface area contributed by atoms with Gasteiger partial charge in [-0.2, -0.15) is 21.0 Å². The van der Waals surface area contributed by atoms with E-state index in [9.17, 15) is 21.0 Å². The van der Waals surface area contributed by atoms with Crippen molar-refractivity contribution in [2.75, 3.05) is 0 Å². The zero-order chi connectivity index (χ0) is 15.1. The van der Waals surface area contributed by atoms with Crippen molar-refractivity contribution >= 4 is 10.8 Å². The van der Waals surface area contributed by atoms with Gasteiger partial charge in [0.2, 0.25) is 0 Å². The Labute approximate surface area is 120 Å². The Hall–Kier alpha value is -3.38. The molecular formula is C16H6N4O. The fourth-order valence-electron chi connectivity index (χ4n) is 2.65. The third-order valence-electron chi connectivity index (χ3n) is 3.60. The van der Waals surface area contributed by atoms with Crippen molar-refractivity contribution in [3.63, 3.8) is 0 Å². The number of hydrogen-bond donors (Lipinski definition) is 0. The maximum atomic E-state index is 9.43. The molecule has 2 aromatic rings. The third-order valence-corrected chi connectivity index (χ3v) is 3.60. The Morgan fingerprint density at radius 3 is 2.00 bits per heavy atom. The lowest BCUT2D eigenvalue weighted by molar-refractivity contribution is -0.0164. The van der Waals surface area contributed by atoms with Crippen LogP contribution in [0.25, 0.3) is 10.8 Å². The van der Waals surface area contributed by atoms with Crippen molar-refractivity contribution in [1.82, 2.24) is 0 Å². The molecule has 0 fully saturated rings. The smallest absolute Gasteiger partial charge is 0.270 e. The van der Waals surface area contributed by atoms with Gasteiger partial charge in [-0.25, -0.2) is 0 Å². The molecule has 0 aliphatic carbocycles. The first-order valence-electron chi connectivity index (χ1n) is 6.04. The maximum Gasteiger partial charge on any atom is 0.270 e. The molecule has 0 radical (unpaired) electrons. The lowest BCUT2D eigenvalue weighted by atomic mass is 9.85. The van der Waals surface area contributed by atoms with Crippen LogP contribution in [-0.2, 0) is 15.9 Å². The zero-order valence-electron chi connectivity index (χ0n) is 10.7. The second kappa shape index (κ2) is 4.06. The molecule has 0 bridgehead atoms. The molecular weight excluding hydrogens is 264 g/mol. The van der Waals surface area contributed by atoms with Crippen LogP contribution in [0.4, 0.5) is 0 Å². The van der Waals surface area contributed by atoms with Gasteiger partial charge in [0, 0.05) is 11.1 Å². The predicted octanol–water partition coefficient (Wildman–Crippen LogP) is 2.35. The molecule has 1 aliphatic heterocycles. The van der Waals surface area contributed by atoms with Crippen LogP contribution in [0.15, 0.2) is 36.4 Å². The van der Waals surface area contributed by atoms with Gasteiger partial charge in [-0.15, -0.1) is 0 Å². The van der Waals surface area contributed by atoms with Crippen LogP contribution < -0.4 is 0 Å². The van der Waals surface area contributed by atoms with E-state index in [2.05, 4.69) is 0 Å². The number of nitrogens with zero attached hydrogens (tertiary/aromatic N) is 4. The molecule has 5 nitrogen and oxygen atoms in total. The fourth-order valence-corrected chi connectivity index (χ4v) is 2.65. The van der Waals surface area contributed by atoms with E-state index in [1.807, 2.05) is 24.3 Å². The SMILES string of the molecule is N#CC1(C#N)OC(C#N)(C#N)c2c1ccc1ccccc21. The Bertz CT molecular complexity index is 906. The van der Waals surface area contributed by atoms with Crippen LogP contribution >= 0.6 is 0 Å². The number of rotatable bonds is 0. The first kappa shape index (κ1) is 12.6. The summed E-state index contributed by atoms with van der Waals surface area (Å²) in [4.78, 5) is 0. The van der Waals surface area contributed by atoms with Gasteiger partial charge in [-0.3, -0.25) is 0 Å². The van der Waals surface area contributed by atoms with Gasteiger partial charge in [0.15, 0.2) is 0 Å². The minimum atomic E-state index is -1.96. The van der Waals surface area contributed by atoms with Crippen molar-refractivity contribution in [1.29, 1.82) is 21.0 Å². The number of ether oxygens (including phenoxy) is 1. The van der Waals surface area contributed by atoms with Crippen molar-refractivity contribution in [2.24, 2.45) is 0 Å². The Kier molecular flexibility index (Phi) is 2.44. The molecule has 2 aromatic carbocycles. The predicted molar refractivity (Wildman–Crippen MR) is 70.8 cm³/mol. The summed E-state index contributed by atoms with van der Waals surface area (Å²) in [7, 11) is 0. The third kappa shape index (κ3) is 1.39. The second-order valence-corrected chi connectivity index (χ2v) is 4.62. The maximum absolute atomic E-state index is 9.43. The van der Waals surface area contributed by atoms with E-state index < -0.39 is 11.2 Å². The van der Waals surface area contributed by atoms with Gasteiger partial charge in [-0.1, -0.05) is 36.4 Å². The summed E-state index contributed by atoms with van der Waals surface area (Å²) >= 11 is 0. The molecule has 1 heterocycles. The molecule has 1 aliphatic rings. The van der Waals surface area contributed by atoms with E-state index in [0.717, 1.165) is 5.39 Å². The van der Waals surface area contributed by atoms with Gasteiger partial charge >= 0.3 is 0 Å². The van der Waals surface area contributed by atoms with E-state index in [-0.39, 0.29) is 11.1 Å². The number of benzene rings is 2. The molecule has 0 atom stereocenters. The van der Waals surface area contributed by atoms with Crippen LogP contribution in [-0.4, -0.2) is 0 Å². The van der Waals surface area contributed by atoms with Gasteiger partial charge in [0.1, 0.15) is 24.3 Å². The lowest BCUT2D eigenvalue weighted by Gasteiger charge is -2.15. The summed E-state index contributed by atoms with van der Waals surface area (Å²) in [5, 5.41) is 39.0. The van der Waals surface area contributed by atoms with Gasteiger partial charge in [0.25, 0.3) is 11.2 Å². The highest BCUT2D eigenvalue weighted by atomic mass is 16.5. The standard InChI is InChI=1S/C16H6N4O/c17-7-15(8-18)13-6-5-11-3-1-2-4-12(11)14(13)16(9-19,10-20)21-15/h1-6H. The summed E-state index contributed by atoms with van der Waals surface area (Å²) < 4.78 is 5.37. The number of hydrogen-bond acceptors (Lipinski definition) is 5. The molecule has 0 N–H and O–H groups in total. The minimum absolute atomic E-state index is 0.259. The largest absolute Gasteiger partial charge is 0.305 e. The Balaban J connectivity index is 2.54. The molecule has 0 saturated heterocycles. The van der Waals surface area contributed by atoms with E-state index in [4.69, 9.17) is 4.74 Å². The van der Waals surface area contributed by atoms with E-state index >= 15 is 0 Å². The molecule has 0 spiro atoms. The van der Waals surface area contributed by atoms with Crippen LogP contribution in [0, 0.1) is 45.3 Å².